The minimum atomic E-state index is -4.58. The first-order valence-electron chi connectivity index (χ1n) is 9.52. The van der Waals surface area contributed by atoms with Gasteiger partial charge in [0.25, 0.3) is 5.84 Å². The summed E-state index contributed by atoms with van der Waals surface area (Å²) < 4.78 is 32.6. The van der Waals surface area contributed by atoms with Gasteiger partial charge in [0.05, 0.1) is 29.0 Å². The van der Waals surface area contributed by atoms with Gasteiger partial charge in [-0.1, -0.05) is 25.3 Å². The second-order valence-corrected chi connectivity index (χ2v) is 8.55. The Kier molecular flexibility index (Phi) is 13.9. The van der Waals surface area contributed by atoms with Crippen LogP contribution in [0.25, 0.3) is 0 Å². The van der Waals surface area contributed by atoms with Crippen molar-refractivity contribution in [2.24, 2.45) is 4.99 Å². The Balaban J connectivity index is 0.00000729. The monoisotopic (exact) mass is 427 g/mol. The molecule has 2 atom stereocenters. The molecule has 0 radical (unpaired) electrons. The molecule has 0 aromatic rings. The number of aliphatic imine (C=N–C) groups is 1. The summed E-state index contributed by atoms with van der Waals surface area (Å²) in [6.45, 7) is 4.27. The van der Waals surface area contributed by atoms with E-state index in [1.54, 1.807) is 0 Å². The predicted molar refractivity (Wildman–Crippen MR) is 102 cm³/mol. The second kappa shape index (κ2) is 14.0. The number of ketones is 1. The fourth-order valence-electron chi connectivity index (χ4n) is 3.54. The summed E-state index contributed by atoms with van der Waals surface area (Å²) >= 11 is 0. The van der Waals surface area contributed by atoms with Crippen molar-refractivity contribution in [3.05, 3.63) is 12.7 Å². The Bertz CT molecular complexity index is 626. The molecule has 156 valence electrons. The molecule has 0 aromatic heterocycles. The van der Waals surface area contributed by atoms with Crippen LogP contribution in [0.1, 0.15) is 44.9 Å². The largest absolute Gasteiger partial charge is 1.00 e. The van der Waals surface area contributed by atoms with E-state index in [0.29, 0.717) is 19.5 Å². The van der Waals surface area contributed by atoms with Crippen LogP contribution in [0.4, 0.5) is 0 Å². The molecule has 10 heteroatoms. The van der Waals surface area contributed by atoms with E-state index in [9.17, 15) is 28.0 Å². The maximum atomic E-state index is 12.6. The van der Waals surface area contributed by atoms with Gasteiger partial charge in [0.2, 0.25) is 5.78 Å². The van der Waals surface area contributed by atoms with Crippen LogP contribution in [0.5, 0.6) is 0 Å². The Hall–Kier alpha value is -0.130. The molecule has 0 spiro atoms. The summed E-state index contributed by atoms with van der Waals surface area (Å²) in [7, 11) is -4.58. The van der Waals surface area contributed by atoms with Gasteiger partial charge < -0.3 is 14.8 Å². The number of carbonyl (C=O) groups is 1. The number of Topliss-reactive ketones (excluding diaryl/α,β-unsaturated/α-hetero) is 1. The Morgan fingerprint density at radius 3 is 2.54 bits per heavy atom. The van der Waals surface area contributed by atoms with Crippen molar-refractivity contribution in [1.82, 2.24) is 0 Å². The van der Waals surface area contributed by atoms with Crippen molar-refractivity contribution in [1.29, 1.82) is 0 Å². The molecule has 1 aliphatic rings. The Morgan fingerprint density at radius 2 is 1.93 bits per heavy atom. The number of aliphatic hydroxyl groups is 2. The minimum Gasteiger partial charge on any atom is -0.748 e. The molecule has 0 amide bonds. The van der Waals surface area contributed by atoms with Crippen molar-refractivity contribution in [2.75, 3.05) is 38.5 Å². The zero-order valence-electron chi connectivity index (χ0n) is 16.9. The number of amidine groups is 1. The Morgan fingerprint density at radius 1 is 1.29 bits per heavy atom. The first kappa shape index (κ1) is 27.9. The standard InChI is InChI=1S/C18H32N2O6S.Na/c1-2-3-4-5-6-7-8-9-17(23)18-19-10-11-20(18,12-13-21)14-16(22)15-27(24,25)26;/h2,16,21-22H,1,3-15H2;/q;+1. The summed E-state index contributed by atoms with van der Waals surface area (Å²) in [6, 6.07) is 0. The molecule has 2 N–H and O–H groups in total. The zero-order chi connectivity index (χ0) is 20.3. The molecule has 8 nitrogen and oxygen atoms in total. The summed E-state index contributed by atoms with van der Waals surface area (Å²) in [4.78, 5) is 16.9. The molecule has 0 bridgehead atoms. The molecule has 1 heterocycles. The Labute approximate surface area is 190 Å². The maximum absolute atomic E-state index is 12.6. The molecular formula is C18H32N2NaO6S+. The molecule has 0 aromatic carbocycles. The van der Waals surface area contributed by atoms with Gasteiger partial charge in [0.1, 0.15) is 25.7 Å². The normalized spacial score (nSPS) is 20.3. The average molecular weight is 428 g/mol. The van der Waals surface area contributed by atoms with Crippen LogP contribution in [-0.2, 0) is 14.9 Å². The fourth-order valence-corrected chi connectivity index (χ4v) is 4.12. The number of carbonyl (C=O) groups excluding carboxylic acids is 1. The molecular weight excluding hydrogens is 395 g/mol. The van der Waals surface area contributed by atoms with Crippen molar-refractivity contribution in [3.8, 4) is 0 Å². The summed E-state index contributed by atoms with van der Waals surface area (Å²) in [6.07, 6.45) is 6.75. The number of allylic oxidation sites excluding steroid dienone is 1. The van der Waals surface area contributed by atoms with Crippen molar-refractivity contribution >= 4 is 21.7 Å². The SMILES string of the molecule is C=CCCCCCCCC(=O)C1=NCC[N+]1(CCO)CC(O)CS(=O)(=O)[O-].[Na+]. The van der Waals surface area contributed by atoms with E-state index < -0.39 is 22.0 Å². The molecule has 28 heavy (non-hydrogen) atoms. The number of rotatable bonds is 15. The van der Waals surface area contributed by atoms with Gasteiger partial charge in [0, 0.05) is 6.42 Å². The van der Waals surface area contributed by atoms with Crippen molar-refractivity contribution < 1.29 is 62.0 Å². The van der Waals surface area contributed by atoms with Gasteiger partial charge in [0.15, 0.2) is 0 Å². The van der Waals surface area contributed by atoms with Crippen LogP contribution in [-0.4, -0.2) is 83.9 Å². The summed E-state index contributed by atoms with van der Waals surface area (Å²) in [5.41, 5.74) is 0. The van der Waals surface area contributed by atoms with E-state index in [0.717, 1.165) is 38.5 Å². The van der Waals surface area contributed by atoms with E-state index in [2.05, 4.69) is 11.6 Å². The molecule has 0 saturated heterocycles. The molecule has 1 rings (SSSR count). The first-order chi connectivity index (χ1) is 12.7. The van der Waals surface area contributed by atoms with Crippen LogP contribution in [0, 0.1) is 0 Å². The molecule has 0 aliphatic carbocycles. The molecule has 2 unspecified atom stereocenters. The summed E-state index contributed by atoms with van der Waals surface area (Å²) in [5.74, 6) is -0.771. The number of nitrogens with zero attached hydrogens (tertiary/aromatic N) is 2. The first-order valence-corrected chi connectivity index (χ1v) is 11.1. The fraction of sp³-hybridized carbons (Fsp3) is 0.778. The molecule has 0 fully saturated rings. The van der Waals surface area contributed by atoms with Crippen molar-refractivity contribution in [2.45, 2.75) is 51.0 Å². The quantitative estimate of drug-likeness (QED) is 0.0987. The van der Waals surface area contributed by atoms with E-state index in [1.165, 1.54) is 0 Å². The number of hydrogen-bond acceptors (Lipinski definition) is 7. The van der Waals surface area contributed by atoms with E-state index >= 15 is 0 Å². The van der Waals surface area contributed by atoms with E-state index in [-0.39, 0.29) is 65.4 Å². The topological polar surface area (TPSA) is 127 Å². The number of quaternary nitrogens is 1. The van der Waals surface area contributed by atoms with Gasteiger partial charge in [-0.3, -0.25) is 9.28 Å². The second-order valence-electron chi connectivity index (χ2n) is 7.10. The van der Waals surface area contributed by atoms with E-state index in [4.69, 9.17) is 0 Å². The third kappa shape index (κ3) is 10.1. The number of hydrogen-bond donors (Lipinski definition) is 2. The third-order valence-corrected chi connectivity index (χ3v) is 5.58. The van der Waals surface area contributed by atoms with Gasteiger partial charge in [-0.25, -0.2) is 13.4 Å². The van der Waals surface area contributed by atoms with Crippen LogP contribution in [0.2, 0.25) is 0 Å². The van der Waals surface area contributed by atoms with E-state index in [1.807, 2.05) is 6.08 Å². The van der Waals surface area contributed by atoms with Gasteiger partial charge in [-0.2, -0.15) is 0 Å². The van der Waals surface area contributed by atoms with Gasteiger partial charge >= 0.3 is 29.6 Å². The number of unbranched alkanes of at least 4 members (excludes halogenated alkanes) is 5. The van der Waals surface area contributed by atoms with Crippen molar-refractivity contribution in [3.63, 3.8) is 0 Å². The molecule has 1 aliphatic heterocycles. The number of aliphatic hydroxyl groups excluding tert-OH is 2. The van der Waals surface area contributed by atoms with Gasteiger partial charge in [-0.15, -0.1) is 6.58 Å². The van der Waals surface area contributed by atoms with Gasteiger partial charge in [-0.05, 0) is 19.3 Å². The van der Waals surface area contributed by atoms with Crippen LogP contribution < -0.4 is 29.6 Å². The smallest absolute Gasteiger partial charge is 0.748 e. The minimum absolute atomic E-state index is 0. The maximum Gasteiger partial charge on any atom is 1.00 e. The van der Waals surface area contributed by atoms with Crippen LogP contribution >= 0.6 is 0 Å². The van der Waals surface area contributed by atoms with Crippen LogP contribution in [0.15, 0.2) is 17.6 Å². The summed E-state index contributed by atoms with van der Waals surface area (Å²) in [5, 5.41) is 19.4. The average Bonchev–Trinajstić information content (AvgIpc) is 2.95. The predicted octanol–water partition coefficient (Wildman–Crippen LogP) is -2.40. The van der Waals surface area contributed by atoms with Crippen LogP contribution in [0.3, 0.4) is 0 Å². The molecule has 0 saturated carbocycles. The zero-order valence-corrected chi connectivity index (χ0v) is 19.7. The third-order valence-electron chi connectivity index (χ3n) is 4.79.